The number of hydrogen-bond donors (Lipinski definition) is 1. The number of ether oxygens (including phenoxy) is 1. The zero-order chi connectivity index (χ0) is 22.1. The molecule has 2 heterocycles. The van der Waals surface area contributed by atoms with Crippen molar-refractivity contribution in [3.8, 4) is 16.9 Å². The van der Waals surface area contributed by atoms with Gasteiger partial charge in [0.2, 0.25) is 5.95 Å². The second-order valence-electron chi connectivity index (χ2n) is 7.44. The summed E-state index contributed by atoms with van der Waals surface area (Å²) in [5.74, 6) is 1.24. The molecule has 0 bridgehead atoms. The van der Waals surface area contributed by atoms with E-state index in [-0.39, 0.29) is 5.75 Å². The summed E-state index contributed by atoms with van der Waals surface area (Å²) in [5, 5.41) is 7.78. The standard InChI is InChI=1S/C25H20F2N4O/c1-16-28-25-29-21(19-13-11-18(12-14-19)17-7-3-2-4-8-17)15-22(31(25)30-16)20-9-5-6-10-23(20)32-24(26)27/h2-15,22,24H,1H3,(H,28,29,30)/t22-/m1/s1. The van der Waals surface area contributed by atoms with E-state index in [1.54, 1.807) is 29.8 Å². The Labute approximate surface area is 184 Å². The van der Waals surface area contributed by atoms with Gasteiger partial charge in [-0.1, -0.05) is 72.8 Å². The molecule has 1 aliphatic rings. The number of nitrogens with one attached hydrogen (secondary N) is 1. The first kappa shape index (κ1) is 19.9. The number of benzene rings is 3. The Morgan fingerprint density at radius 1 is 0.875 bits per heavy atom. The summed E-state index contributed by atoms with van der Waals surface area (Å²) in [4.78, 5) is 4.47. The maximum absolute atomic E-state index is 13.0. The van der Waals surface area contributed by atoms with E-state index in [0.717, 1.165) is 22.4 Å². The van der Waals surface area contributed by atoms with Crippen molar-refractivity contribution in [2.75, 3.05) is 5.32 Å². The summed E-state index contributed by atoms with van der Waals surface area (Å²) in [6.45, 7) is -1.12. The van der Waals surface area contributed by atoms with Gasteiger partial charge in [-0.15, -0.1) is 0 Å². The molecule has 5 rings (SSSR count). The van der Waals surface area contributed by atoms with Gasteiger partial charge >= 0.3 is 6.61 Å². The van der Waals surface area contributed by atoms with Gasteiger partial charge in [-0.3, -0.25) is 0 Å². The van der Waals surface area contributed by atoms with Crippen molar-refractivity contribution >= 4 is 11.6 Å². The van der Waals surface area contributed by atoms with Gasteiger partial charge in [0.1, 0.15) is 17.6 Å². The normalized spacial score (nSPS) is 15.1. The summed E-state index contributed by atoms with van der Waals surface area (Å²) in [6.07, 6.45) is 1.95. The molecule has 160 valence electrons. The van der Waals surface area contributed by atoms with E-state index < -0.39 is 12.7 Å². The number of fused-ring (bicyclic) bond motifs is 1. The van der Waals surface area contributed by atoms with Crippen molar-refractivity contribution in [3.63, 3.8) is 0 Å². The molecule has 0 amide bonds. The lowest BCUT2D eigenvalue weighted by Gasteiger charge is -2.25. The number of alkyl halides is 2. The van der Waals surface area contributed by atoms with Crippen molar-refractivity contribution in [1.82, 2.24) is 14.8 Å². The number of hydrogen-bond acceptors (Lipinski definition) is 4. The Bertz CT molecular complexity index is 1270. The number of allylic oxidation sites excluding steroid dienone is 1. The Hall–Kier alpha value is -4.00. The van der Waals surface area contributed by atoms with Gasteiger partial charge in [0.15, 0.2) is 0 Å². The van der Waals surface area contributed by atoms with Crippen LogP contribution in [0.3, 0.4) is 0 Å². The second kappa shape index (κ2) is 8.26. The number of anilines is 1. The van der Waals surface area contributed by atoms with Crippen LogP contribution in [-0.2, 0) is 0 Å². The monoisotopic (exact) mass is 430 g/mol. The summed E-state index contributed by atoms with van der Waals surface area (Å²) in [5.41, 5.74) is 4.60. The molecule has 1 aliphatic heterocycles. The first-order valence-electron chi connectivity index (χ1n) is 10.2. The largest absolute Gasteiger partial charge is 0.434 e. The third-order valence-electron chi connectivity index (χ3n) is 5.33. The SMILES string of the molecule is Cc1nc2n(n1)[C@@H](c1ccccc1OC(F)F)C=C(c1ccc(-c3ccccc3)cc1)N2. The molecular formula is C25H20F2N4O. The number of halogens is 2. The van der Waals surface area contributed by atoms with Gasteiger partial charge in [0.05, 0.1) is 0 Å². The fraction of sp³-hybridized carbons (Fsp3) is 0.120. The number of aryl methyl sites for hydroxylation is 1. The minimum atomic E-state index is -2.91. The van der Waals surface area contributed by atoms with Gasteiger partial charge in [-0.2, -0.15) is 18.9 Å². The van der Waals surface area contributed by atoms with E-state index >= 15 is 0 Å². The van der Waals surface area contributed by atoms with Crippen molar-refractivity contribution in [1.29, 1.82) is 0 Å². The first-order valence-corrected chi connectivity index (χ1v) is 10.2. The molecule has 7 heteroatoms. The van der Waals surface area contributed by atoms with E-state index in [1.807, 2.05) is 36.4 Å². The Balaban J connectivity index is 1.55. The molecule has 0 aliphatic carbocycles. The number of rotatable bonds is 5. The summed E-state index contributed by atoms with van der Waals surface area (Å²) in [6, 6.07) is 24.6. The molecule has 0 spiro atoms. The highest BCUT2D eigenvalue weighted by Crippen LogP contribution is 2.37. The van der Waals surface area contributed by atoms with Crippen LogP contribution in [0.25, 0.3) is 16.8 Å². The molecule has 0 fully saturated rings. The Morgan fingerprint density at radius 3 is 2.28 bits per heavy atom. The number of para-hydroxylation sites is 1. The zero-order valence-electron chi connectivity index (χ0n) is 17.2. The van der Waals surface area contributed by atoms with Crippen molar-refractivity contribution in [2.45, 2.75) is 19.6 Å². The van der Waals surface area contributed by atoms with Gasteiger partial charge in [-0.05, 0) is 35.8 Å². The van der Waals surface area contributed by atoms with Crippen LogP contribution in [0.2, 0.25) is 0 Å². The van der Waals surface area contributed by atoms with E-state index in [2.05, 4.69) is 39.7 Å². The lowest BCUT2D eigenvalue weighted by Crippen LogP contribution is -2.21. The van der Waals surface area contributed by atoms with Crippen LogP contribution < -0.4 is 10.1 Å². The number of nitrogens with zero attached hydrogens (tertiary/aromatic N) is 3. The molecule has 3 aromatic carbocycles. The van der Waals surface area contributed by atoms with Crippen molar-refractivity contribution < 1.29 is 13.5 Å². The Kier molecular flexibility index (Phi) is 5.15. The van der Waals surface area contributed by atoms with Crippen LogP contribution in [0.1, 0.15) is 23.0 Å². The summed E-state index contributed by atoms with van der Waals surface area (Å²) < 4.78 is 32.5. The van der Waals surface area contributed by atoms with Crippen LogP contribution in [0.4, 0.5) is 14.7 Å². The predicted octanol–water partition coefficient (Wildman–Crippen LogP) is 5.91. The van der Waals surface area contributed by atoms with Gasteiger partial charge in [-0.25, -0.2) is 4.68 Å². The molecule has 1 atom stereocenters. The van der Waals surface area contributed by atoms with Gasteiger partial charge in [0.25, 0.3) is 0 Å². The average Bonchev–Trinajstić information content (AvgIpc) is 3.19. The minimum absolute atomic E-state index is 0.114. The summed E-state index contributed by atoms with van der Waals surface area (Å²) in [7, 11) is 0. The van der Waals surface area contributed by atoms with E-state index in [4.69, 9.17) is 4.74 Å². The van der Waals surface area contributed by atoms with Crippen LogP contribution in [0, 0.1) is 6.92 Å². The average molecular weight is 430 g/mol. The first-order chi connectivity index (χ1) is 15.6. The smallest absolute Gasteiger partial charge is 0.387 e. The van der Waals surface area contributed by atoms with Crippen LogP contribution >= 0.6 is 0 Å². The molecule has 0 unspecified atom stereocenters. The molecular weight excluding hydrogens is 410 g/mol. The van der Waals surface area contributed by atoms with Crippen LogP contribution in [0.15, 0.2) is 84.9 Å². The molecule has 32 heavy (non-hydrogen) atoms. The Morgan fingerprint density at radius 2 is 1.53 bits per heavy atom. The second-order valence-corrected chi connectivity index (χ2v) is 7.44. The molecule has 0 radical (unpaired) electrons. The fourth-order valence-corrected chi connectivity index (χ4v) is 3.89. The van der Waals surface area contributed by atoms with Crippen LogP contribution in [0.5, 0.6) is 5.75 Å². The third-order valence-corrected chi connectivity index (χ3v) is 5.33. The predicted molar refractivity (Wildman–Crippen MR) is 119 cm³/mol. The zero-order valence-corrected chi connectivity index (χ0v) is 17.2. The topological polar surface area (TPSA) is 52.0 Å². The highest BCUT2D eigenvalue weighted by Gasteiger charge is 2.27. The van der Waals surface area contributed by atoms with E-state index in [9.17, 15) is 8.78 Å². The maximum atomic E-state index is 13.0. The molecule has 1 N–H and O–H groups in total. The lowest BCUT2D eigenvalue weighted by molar-refractivity contribution is -0.0506. The molecule has 4 aromatic rings. The van der Waals surface area contributed by atoms with E-state index in [1.165, 1.54) is 6.07 Å². The highest BCUT2D eigenvalue weighted by molar-refractivity contribution is 5.78. The lowest BCUT2D eigenvalue weighted by atomic mass is 9.99. The number of aromatic nitrogens is 3. The molecule has 1 aromatic heterocycles. The minimum Gasteiger partial charge on any atom is -0.434 e. The van der Waals surface area contributed by atoms with Gasteiger partial charge in [0, 0.05) is 11.3 Å². The van der Waals surface area contributed by atoms with Crippen molar-refractivity contribution in [2.24, 2.45) is 0 Å². The third kappa shape index (κ3) is 3.85. The fourth-order valence-electron chi connectivity index (χ4n) is 3.89. The molecule has 5 nitrogen and oxygen atoms in total. The summed E-state index contributed by atoms with van der Waals surface area (Å²) >= 11 is 0. The van der Waals surface area contributed by atoms with Crippen molar-refractivity contribution in [3.05, 3.63) is 102 Å². The van der Waals surface area contributed by atoms with Gasteiger partial charge < -0.3 is 10.1 Å². The highest BCUT2D eigenvalue weighted by atomic mass is 19.3. The molecule has 0 saturated heterocycles. The molecule has 0 saturated carbocycles. The maximum Gasteiger partial charge on any atom is 0.387 e. The quantitative estimate of drug-likeness (QED) is 0.428. The van der Waals surface area contributed by atoms with E-state index in [0.29, 0.717) is 17.3 Å². The van der Waals surface area contributed by atoms with Crippen LogP contribution in [-0.4, -0.2) is 21.4 Å².